The maximum Gasteiger partial charge on any atom is 0.228 e. The van der Waals surface area contributed by atoms with E-state index in [2.05, 4.69) is 29.2 Å². The molecule has 1 aromatic heterocycles. The molecule has 0 aliphatic heterocycles. The van der Waals surface area contributed by atoms with Crippen LogP contribution in [0.5, 0.6) is 0 Å². The summed E-state index contributed by atoms with van der Waals surface area (Å²) >= 11 is 1.82. The van der Waals surface area contributed by atoms with Crippen LogP contribution in [0.1, 0.15) is 38.5 Å². The first-order valence-corrected chi connectivity index (χ1v) is 8.52. The third-order valence-electron chi connectivity index (χ3n) is 3.99. The van der Waals surface area contributed by atoms with E-state index in [0.29, 0.717) is 18.1 Å². The summed E-state index contributed by atoms with van der Waals surface area (Å²) in [4.78, 5) is 5.76. The summed E-state index contributed by atoms with van der Waals surface area (Å²) in [6, 6.07) is 8.28. The predicted octanol–water partition coefficient (Wildman–Crippen LogP) is 3.66. The van der Waals surface area contributed by atoms with E-state index in [1.165, 1.54) is 17.7 Å². The quantitative estimate of drug-likeness (QED) is 0.854. The van der Waals surface area contributed by atoms with Crippen molar-refractivity contribution >= 4 is 11.8 Å². The molecule has 5 heteroatoms. The molecule has 0 spiro atoms. The molecule has 0 bridgehead atoms. The van der Waals surface area contributed by atoms with Crippen LogP contribution in [0.3, 0.4) is 0 Å². The molecule has 112 valence electrons. The molecule has 2 N–H and O–H groups in total. The van der Waals surface area contributed by atoms with E-state index in [0.717, 1.165) is 24.2 Å². The Hall–Kier alpha value is -1.33. The first kappa shape index (κ1) is 14.6. The van der Waals surface area contributed by atoms with Gasteiger partial charge >= 0.3 is 0 Å². The molecule has 21 heavy (non-hydrogen) atoms. The second kappa shape index (κ2) is 6.20. The van der Waals surface area contributed by atoms with Crippen LogP contribution in [0.2, 0.25) is 0 Å². The molecular formula is C16H21N3OS. The topological polar surface area (TPSA) is 64.9 Å². The zero-order valence-electron chi connectivity index (χ0n) is 12.3. The van der Waals surface area contributed by atoms with E-state index in [1.54, 1.807) is 0 Å². The van der Waals surface area contributed by atoms with E-state index >= 15 is 0 Å². The lowest BCUT2D eigenvalue weighted by Crippen LogP contribution is -2.38. The molecule has 1 aliphatic carbocycles. The van der Waals surface area contributed by atoms with Crippen molar-refractivity contribution in [2.45, 2.75) is 49.5 Å². The Morgan fingerprint density at radius 1 is 1.24 bits per heavy atom. The lowest BCUT2D eigenvalue weighted by molar-refractivity contribution is 0.329. The molecule has 0 radical (unpaired) electrons. The Morgan fingerprint density at radius 3 is 2.62 bits per heavy atom. The molecule has 3 rings (SSSR count). The van der Waals surface area contributed by atoms with Gasteiger partial charge < -0.3 is 10.3 Å². The second-order valence-corrected chi connectivity index (χ2v) is 7.05. The summed E-state index contributed by atoms with van der Waals surface area (Å²) in [5.41, 5.74) is 7.20. The fraction of sp³-hybridized carbons (Fsp3) is 0.500. The lowest BCUT2D eigenvalue weighted by atomic mass is 9.95. The average Bonchev–Trinajstić information content (AvgIpc) is 3.10. The molecule has 0 amide bonds. The second-order valence-electron chi connectivity index (χ2n) is 5.72. The Balaban J connectivity index is 1.72. The highest BCUT2D eigenvalue weighted by molar-refractivity contribution is 7.99. The molecule has 0 saturated heterocycles. The highest BCUT2D eigenvalue weighted by Gasteiger charge is 2.31. The van der Waals surface area contributed by atoms with Crippen LogP contribution < -0.4 is 5.73 Å². The van der Waals surface area contributed by atoms with E-state index in [4.69, 9.17) is 10.3 Å². The van der Waals surface area contributed by atoms with Crippen molar-refractivity contribution in [1.82, 2.24) is 10.1 Å². The van der Waals surface area contributed by atoms with Gasteiger partial charge in [-0.15, -0.1) is 11.8 Å². The van der Waals surface area contributed by atoms with Gasteiger partial charge in [-0.3, -0.25) is 0 Å². The van der Waals surface area contributed by atoms with Crippen molar-refractivity contribution in [3.63, 3.8) is 0 Å². The first-order valence-electron chi connectivity index (χ1n) is 7.53. The van der Waals surface area contributed by atoms with Gasteiger partial charge in [-0.2, -0.15) is 4.98 Å². The largest absolute Gasteiger partial charge is 0.339 e. The maximum absolute atomic E-state index is 6.36. The number of benzene rings is 1. The molecule has 1 aliphatic rings. The van der Waals surface area contributed by atoms with Gasteiger partial charge in [-0.25, -0.2) is 0 Å². The van der Waals surface area contributed by atoms with E-state index in [-0.39, 0.29) is 5.54 Å². The van der Waals surface area contributed by atoms with Crippen LogP contribution in [0.4, 0.5) is 0 Å². The van der Waals surface area contributed by atoms with Gasteiger partial charge in [0.15, 0.2) is 0 Å². The molecule has 1 fully saturated rings. The summed E-state index contributed by atoms with van der Waals surface area (Å²) in [6.07, 6.45) is 5.19. The smallest absolute Gasteiger partial charge is 0.228 e. The molecule has 1 aromatic carbocycles. The third kappa shape index (κ3) is 3.47. The number of nitrogens with zero attached hydrogens (tertiary/aromatic N) is 2. The molecular weight excluding hydrogens is 282 g/mol. The predicted molar refractivity (Wildman–Crippen MR) is 85.2 cm³/mol. The SMILES string of the molecule is CCSc1ccc(-c2noc(CC3(N)CCCC3)n2)cc1. The van der Waals surface area contributed by atoms with E-state index in [9.17, 15) is 0 Å². The summed E-state index contributed by atoms with van der Waals surface area (Å²) < 4.78 is 5.38. The lowest BCUT2D eigenvalue weighted by Gasteiger charge is -2.20. The highest BCUT2D eigenvalue weighted by Crippen LogP contribution is 2.30. The fourth-order valence-electron chi connectivity index (χ4n) is 2.87. The minimum absolute atomic E-state index is 0.147. The average molecular weight is 303 g/mol. The summed E-state index contributed by atoms with van der Waals surface area (Å²) in [5.74, 6) is 2.38. The molecule has 0 unspecified atom stereocenters. The van der Waals surface area contributed by atoms with Gasteiger partial charge in [0.25, 0.3) is 0 Å². The van der Waals surface area contributed by atoms with Crippen LogP contribution >= 0.6 is 11.8 Å². The Morgan fingerprint density at radius 2 is 1.95 bits per heavy atom. The Bertz CT molecular complexity index is 588. The van der Waals surface area contributed by atoms with Gasteiger partial charge in [0.2, 0.25) is 11.7 Å². The number of thioether (sulfide) groups is 1. The number of hydrogen-bond donors (Lipinski definition) is 1. The number of nitrogens with two attached hydrogens (primary N) is 1. The van der Waals surface area contributed by atoms with E-state index < -0.39 is 0 Å². The molecule has 0 atom stereocenters. The monoisotopic (exact) mass is 303 g/mol. The number of aromatic nitrogens is 2. The maximum atomic E-state index is 6.36. The highest BCUT2D eigenvalue weighted by atomic mass is 32.2. The van der Waals surface area contributed by atoms with Gasteiger partial charge in [-0.1, -0.05) is 24.9 Å². The molecule has 2 aromatic rings. The Labute approximate surface area is 129 Å². The van der Waals surface area contributed by atoms with Crippen LogP contribution in [0.15, 0.2) is 33.7 Å². The zero-order chi connectivity index (χ0) is 14.7. The Kier molecular flexibility index (Phi) is 4.31. The number of rotatable bonds is 5. The molecule has 1 heterocycles. The van der Waals surface area contributed by atoms with Crippen molar-refractivity contribution in [3.8, 4) is 11.4 Å². The van der Waals surface area contributed by atoms with Crippen molar-refractivity contribution in [2.24, 2.45) is 5.73 Å². The summed E-state index contributed by atoms with van der Waals surface area (Å²) in [7, 11) is 0. The van der Waals surface area contributed by atoms with Crippen LogP contribution in [0.25, 0.3) is 11.4 Å². The van der Waals surface area contributed by atoms with Gasteiger partial charge in [0, 0.05) is 22.4 Å². The minimum atomic E-state index is -0.147. The molecule has 4 nitrogen and oxygen atoms in total. The van der Waals surface area contributed by atoms with Gasteiger partial charge in [0.05, 0.1) is 0 Å². The minimum Gasteiger partial charge on any atom is -0.339 e. The van der Waals surface area contributed by atoms with E-state index in [1.807, 2.05) is 23.9 Å². The van der Waals surface area contributed by atoms with Crippen LogP contribution in [0, 0.1) is 0 Å². The van der Waals surface area contributed by atoms with Gasteiger partial charge in [0.1, 0.15) is 0 Å². The van der Waals surface area contributed by atoms with Crippen molar-refractivity contribution in [3.05, 3.63) is 30.2 Å². The normalized spacial score (nSPS) is 17.2. The van der Waals surface area contributed by atoms with Crippen molar-refractivity contribution in [2.75, 3.05) is 5.75 Å². The standard InChI is InChI=1S/C16H21N3OS/c1-2-21-13-7-5-12(6-8-13)15-18-14(20-19-15)11-16(17)9-3-4-10-16/h5-8H,2-4,9-11,17H2,1H3. The molecule has 1 saturated carbocycles. The van der Waals surface area contributed by atoms with Crippen molar-refractivity contribution < 1.29 is 4.52 Å². The van der Waals surface area contributed by atoms with Gasteiger partial charge in [-0.05, 0) is 42.9 Å². The summed E-state index contributed by atoms with van der Waals surface area (Å²) in [5, 5.41) is 4.09. The van der Waals surface area contributed by atoms with Crippen molar-refractivity contribution in [1.29, 1.82) is 0 Å². The number of hydrogen-bond acceptors (Lipinski definition) is 5. The summed E-state index contributed by atoms with van der Waals surface area (Å²) in [6.45, 7) is 2.15. The first-order chi connectivity index (χ1) is 10.2. The van der Waals surface area contributed by atoms with Crippen LogP contribution in [-0.4, -0.2) is 21.4 Å². The van der Waals surface area contributed by atoms with Crippen LogP contribution in [-0.2, 0) is 6.42 Å². The zero-order valence-corrected chi connectivity index (χ0v) is 13.2. The fourth-order valence-corrected chi connectivity index (χ4v) is 3.53. The third-order valence-corrected chi connectivity index (χ3v) is 4.89.